The van der Waals surface area contributed by atoms with E-state index in [1.165, 1.54) is 18.2 Å². The number of amides is 3. The van der Waals surface area contributed by atoms with Crippen LogP contribution in [0.3, 0.4) is 0 Å². The number of carbonyl (C=O) groups excluding carboxylic acids is 3. The fraction of sp³-hybridized carbons (Fsp3) is 0.222. The molecule has 0 bridgehead atoms. The maximum Gasteiger partial charge on any atom is 0.258 e. The number of hydrogen-bond acceptors (Lipinski definition) is 3. The van der Waals surface area contributed by atoms with Crippen LogP contribution in [0, 0.1) is 11.7 Å². The third kappa shape index (κ3) is 5.67. The zero-order valence-electron chi connectivity index (χ0n) is 18.7. The van der Waals surface area contributed by atoms with Crippen molar-refractivity contribution >= 4 is 23.4 Å². The van der Waals surface area contributed by atoms with E-state index in [-0.39, 0.29) is 23.3 Å². The van der Waals surface area contributed by atoms with Crippen LogP contribution in [0.5, 0.6) is 0 Å². The summed E-state index contributed by atoms with van der Waals surface area (Å²) in [6, 6.07) is 21.9. The van der Waals surface area contributed by atoms with Crippen molar-refractivity contribution in [3.63, 3.8) is 0 Å². The molecule has 1 atom stereocenters. The van der Waals surface area contributed by atoms with E-state index in [2.05, 4.69) is 10.6 Å². The number of halogens is 1. The van der Waals surface area contributed by atoms with Crippen molar-refractivity contribution in [3.05, 3.63) is 101 Å². The van der Waals surface area contributed by atoms with Gasteiger partial charge < -0.3 is 15.5 Å². The first kappa shape index (κ1) is 23.2. The SMILES string of the molecule is O=C(Nc1cccc(C(=O)N2CCCC(C(=O)NCc3ccccc3)C2)c1)c1ccccc1F. The first-order valence-electron chi connectivity index (χ1n) is 11.3. The molecular weight excluding hydrogens is 433 g/mol. The lowest BCUT2D eigenvalue weighted by Crippen LogP contribution is -2.45. The van der Waals surface area contributed by atoms with Gasteiger partial charge in [0.25, 0.3) is 11.8 Å². The van der Waals surface area contributed by atoms with E-state index in [1.807, 2.05) is 30.3 Å². The Hall–Kier alpha value is -4.00. The van der Waals surface area contributed by atoms with E-state index >= 15 is 0 Å². The van der Waals surface area contributed by atoms with Crippen molar-refractivity contribution in [2.24, 2.45) is 5.92 Å². The lowest BCUT2D eigenvalue weighted by atomic mass is 9.96. The monoisotopic (exact) mass is 459 g/mol. The lowest BCUT2D eigenvalue weighted by molar-refractivity contribution is -0.126. The molecule has 3 aromatic carbocycles. The van der Waals surface area contributed by atoms with Crippen LogP contribution in [0.25, 0.3) is 0 Å². The summed E-state index contributed by atoms with van der Waals surface area (Å²) in [6.45, 7) is 1.35. The molecule has 0 saturated carbocycles. The molecular formula is C27H26FN3O3. The predicted octanol–water partition coefficient (Wildman–Crippen LogP) is 4.25. The molecule has 3 amide bonds. The summed E-state index contributed by atoms with van der Waals surface area (Å²) in [7, 11) is 0. The molecule has 1 saturated heterocycles. The highest BCUT2D eigenvalue weighted by Gasteiger charge is 2.29. The van der Waals surface area contributed by atoms with Crippen molar-refractivity contribution in [1.82, 2.24) is 10.2 Å². The summed E-state index contributed by atoms with van der Waals surface area (Å²) in [5.41, 5.74) is 1.75. The summed E-state index contributed by atoms with van der Waals surface area (Å²) in [5, 5.41) is 5.61. The molecule has 34 heavy (non-hydrogen) atoms. The number of nitrogens with zero attached hydrogens (tertiary/aromatic N) is 1. The minimum atomic E-state index is -0.614. The molecule has 0 aliphatic carbocycles. The molecule has 3 aromatic rings. The van der Waals surface area contributed by atoms with Gasteiger partial charge in [-0.15, -0.1) is 0 Å². The Bertz CT molecular complexity index is 1180. The molecule has 7 heteroatoms. The fourth-order valence-corrected chi connectivity index (χ4v) is 4.06. The Kier molecular flexibility index (Phi) is 7.32. The highest BCUT2D eigenvalue weighted by atomic mass is 19.1. The highest BCUT2D eigenvalue weighted by molar-refractivity contribution is 6.05. The molecule has 1 aliphatic rings. The van der Waals surface area contributed by atoms with Crippen molar-refractivity contribution < 1.29 is 18.8 Å². The van der Waals surface area contributed by atoms with Gasteiger partial charge in [0.05, 0.1) is 11.5 Å². The molecule has 1 heterocycles. The van der Waals surface area contributed by atoms with Gasteiger partial charge in [-0.2, -0.15) is 0 Å². The summed E-state index contributed by atoms with van der Waals surface area (Å²) >= 11 is 0. The Morgan fingerprint density at radius 3 is 2.50 bits per heavy atom. The Morgan fingerprint density at radius 2 is 1.71 bits per heavy atom. The van der Waals surface area contributed by atoms with Gasteiger partial charge in [0, 0.05) is 30.9 Å². The van der Waals surface area contributed by atoms with Crippen LogP contribution >= 0.6 is 0 Å². The van der Waals surface area contributed by atoms with Gasteiger partial charge in [-0.25, -0.2) is 4.39 Å². The first-order chi connectivity index (χ1) is 16.5. The normalized spacial score (nSPS) is 15.4. The summed E-state index contributed by atoms with van der Waals surface area (Å²) in [5.74, 6) is -1.74. The number of piperidine rings is 1. The van der Waals surface area contributed by atoms with Crippen LogP contribution in [0.2, 0.25) is 0 Å². The Labute approximate surface area is 197 Å². The first-order valence-corrected chi connectivity index (χ1v) is 11.3. The zero-order chi connectivity index (χ0) is 23.9. The van der Waals surface area contributed by atoms with Gasteiger partial charge >= 0.3 is 0 Å². The molecule has 0 spiro atoms. The number of benzene rings is 3. The molecule has 1 fully saturated rings. The number of rotatable bonds is 6. The van der Waals surface area contributed by atoms with Gasteiger partial charge in [0.15, 0.2) is 0 Å². The molecule has 0 radical (unpaired) electrons. The van der Waals surface area contributed by atoms with Crippen LogP contribution in [-0.2, 0) is 11.3 Å². The standard InChI is InChI=1S/C27H26FN3O3/c28-24-14-5-4-13-23(24)26(33)30-22-12-6-10-20(16-22)27(34)31-15-7-11-21(18-31)25(32)29-17-19-8-2-1-3-9-19/h1-6,8-10,12-14,16,21H,7,11,15,17-18H2,(H,29,32)(H,30,33). The molecule has 1 aliphatic heterocycles. The van der Waals surface area contributed by atoms with Gasteiger partial charge in [0.2, 0.25) is 5.91 Å². The second-order valence-electron chi connectivity index (χ2n) is 8.31. The molecule has 174 valence electrons. The van der Waals surface area contributed by atoms with Gasteiger partial charge in [-0.1, -0.05) is 48.5 Å². The Balaban J connectivity index is 1.38. The van der Waals surface area contributed by atoms with Crippen LogP contribution in [-0.4, -0.2) is 35.7 Å². The minimum absolute atomic E-state index is 0.0627. The topological polar surface area (TPSA) is 78.5 Å². The third-order valence-electron chi connectivity index (χ3n) is 5.87. The number of anilines is 1. The van der Waals surface area contributed by atoms with Crippen LogP contribution < -0.4 is 10.6 Å². The minimum Gasteiger partial charge on any atom is -0.352 e. The van der Waals surface area contributed by atoms with Crippen LogP contribution in [0.1, 0.15) is 39.1 Å². The average Bonchev–Trinajstić information content (AvgIpc) is 2.88. The second-order valence-corrected chi connectivity index (χ2v) is 8.31. The Morgan fingerprint density at radius 1 is 0.941 bits per heavy atom. The second kappa shape index (κ2) is 10.7. The largest absolute Gasteiger partial charge is 0.352 e. The number of hydrogen-bond donors (Lipinski definition) is 2. The summed E-state index contributed by atoms with van der Waals surface area (Å²) in [4.78, 5) is 39.9. The third-order valence-corrected chi connectivity index (χ3v) is 5.87. The zero-order valence-corrected chi connectivity index (χ0v) is 18.7. The maximum absolute atomic E-state index is 13.9. The van der Waals surface area contributed by atoms with Crippen molar-refractivity contribution in [2.45, 2.75) is 19.4 Å². The van der Waals surface area contributed by atoms with E-state index in [0.717, 1.165) is 18.4 Å². The molecule has 1 unspecified atom stereocenters. The van der Waals surface area contributed by atoms with E-state index in [0.29, 0.717) is 30.9 Å². The van der Waals surface area contributed by atoms with Gasteiger partial charge in [0.1, 0.15) is 5.82 Å². The quantitative estimate of drug-likeness (QED) is 0.579. The number of nitrogens with one attached hydrogen (secondary N) is 2. The van der Waals surface area contributed by atoms with Crippen molar-refractivity contribution in [3.8, 4) is 0 Å². The van der Waals surface area contributed by atoms with E-state index < -0.39 is 11.7 Å². The van der Waals surface area contributed by atoms with Crippen LogP contribution in [0.15, 0.2) is 78.9 Å². The molecule has 2 N–H and O–H groups in total. The number of likely N-dealkylation sites (tertiary alicyclic amines) is 1. The lowest BCUT2D eigenvalue weighted by Gasteiger charge is -2.32. The maximum atomic E-state index is 13.9. The van der Waals surface area contributed by atoms with E-state index in [4.69, 9.17) is 0 Å². The van der Waals surface area contributed by atoms with E-state index in [1.54, 1.807) is 35.2 Å². The average molecular weight is 460 g/mol. The molecule has 6 nitrogen and oxygen atoms in total. The smallest absolute Gasteiger partial charge is 0.258 e. The van der Waals surface area contributed by atoms with Crippen LogP contribution in [0.4, 0.5) is 10.1 Å². The summed E-state index contributed by atoms with van der Waals surface area (Å²) in [6.07, 6.45) is 1.46. The number of carbonyl (C=O) groups is 3. The van der Waals surface area contributed by atoms with Gasteiger partial charge in [-0.3, -0.25) is 14.4 Å². The highest BCUT2D eigenvalue weighted by Crippen LogP contribution is 2.21. The van der Waals surface area contributed by atoms with E-state index in [9.17, 15) is 18.8 Å². The van der Waals surface area contributed by atoms with Gasteiger partial charge in [-0.05, 0) is 48.7 Å². The fourth-order valence-electron chi connectivity index (χ4n) is 4.06. The predicted molar refractivity (Wildman–Crippen MR) is 128 cm³/mol. The molecule has 4 rings (SSSR count). The molecule has 0 aromatic heterocycles. The summed E-state index contributed by atoms with van der Waals surface area (Å²) < 4.78 is 13.9. The van der Waals surface area contributed by atoms with Crippen molar-refractivity contribution in [2.75, 3.05) is 18.4 Å². The van der Waals surface area contributed by atoms with Crippen molar-refractivity contribution in [1.29, 1.82) is 0 Å².